The Morgan fingerprint density at radius 1 is 1.16 bits per heavy atom. The highest BCUT2D eigenvalue weighted by molar-refractivity contribution is 9.10. The van der Waals surface area contributed by atoms with Gasteiger partial charge in [0.15, 0.2) is 0 Å². The monoisotopic (exact) mass is 346 g/mol. The Morgan fingerprint density at radius 3 is 2.58 bits per heavy atom. The fourth-order valence-electron chi connectivity index (χ4n) is 1.79. The number of halogens is 4. The minimum absolute atomic E-state index is 0.0312. The second-order valence-corrected chi connectivity index (χ2v) is 5.43. The summed E-state index contributed by atoms with van der Waals surface area (Å²) in [6.45, 7) is 0. The standard InChI is InChI=1S/C14H10BrClF2O/c15-11-7-12(17)10(6-13(11)18)14(19)5-8-2-1-3-9(16)4-8/h1-4,6-7,14,19H,5H2. The summed E-state index contributed by atoms with van der Waals surface area (Å²) in [4.78, 5) is 0. The first kappa shape index (κ1) is 14.4. The van der Waals surface area contributed by atoms with Crippen LogP contribution in [0.15, 0.2) is 40.9 Å². The number of rotatable bonds is 3. The molecule has 1 unspecified atom stereocenters. The van der Waals surface area contributed by atoms with E-state index in [1.165, 1.54) is 0 Å². The molecule has 0 bridgehead atoms. The van der Waals surface area contributed by atoms with Crippen LogP contribution in [0.1, 0.15) is 17.2 Å². The van der Waals surface area contributed by atoms with Gasteiger partial charge in [-0.1, -0.05) is 23.7 Å². The molecule has 0 fully saturated rings. The van der Waals surface area contributed by atoms with Gasteiger partial charge in [-0.15, -0.1) is 0 Å². The zero-order valence-corrected chi connectivity index (χ0v) is 12.0. The molecule has 0 saturated carbocycles. The van der Waals surface area contributed by atoms with Gasteiger partial charge in [0.1, 0.15) is 11.6 Å². The summed E-state index contributed by atoms with van der Waals surface area (Å²) in [6.07, 6.45) is -0.959. The van der Waals surface area contributed by atoms with Gasteiger partial charge in [0.2, 0.25) is 0 Å². The molecule has 0 aliphatic rings. The Hall–Kier alpha value is -0.970. The Labute approximate surface area is 123 Å². The van der Waals surface area contributed by atoms with Gasteiger partial charge in [0, 0.05) is 17.0 Å². The Balaban J connectivity index is 2.25. The van der Waals surface area contributed by atoms with Crippen molar-refractivity contribution in [2.75, 3.05) is 0 Å². The molecule has 2 aromatic carbocycles. The lowest BCUT2D eigenvalue weighted by Crippen LogP contribution is -2.05. The second-order valence-electron chi connectivity index (χ2n) is 4.14. The topological polar surface area (TPSA) is 20.2 Å². The van der Waals surface area contributed by atoms with Crippen LogP contribution in [0.4, 0.5) is 8.78 Å². The highest BCUT2D eigenvalue weighted by atomic mass is 79.9. The molecule has 1 nitrogen and oxygen atoms in total. The van der Waals surface area contributed by atoms with Crippen LogP contribution >= 0.6 is 27.5 Å². The SMILES string of the molecule is OC(Cc1cccc(Cl)c1)c1cc(F)c(Br)cc1F. The maximum atomic E-state index is 13.7. The number of aliphatic hydroxyl groups is 1. The summed E-state index contributed by atoms with van der Waals surface area (Å²) in [5, 5.41) is 10.5. The average molecular weight is 348 g/mol. The van der Waals surface area contributed by atoms with Gasteiger partial charge in [-0.3, -0.25) is 0 Å². The number of benzene rings is 2. The van der Waals surface area contributed by atoms with Crippen LogP contribution in [-0.4, -0.2) is 5.11 Å². The summed E-state index contributed by atoms with van der Waals surface area (Å²) in [5.41, 5.74) is 0.684. The van der Waals surface area contributed by atoms with Crippen LogP contribution < -0.4 is 0 Å². The molecule has 1 N–H and O–H groups in total. The smallest absolute Gasteiger partial charge is 0.137 e. The molecule has 0 saturated heterocycles. The van der Waals surface area contributed by atoms with Crippen molar-refractivity contribution in [2.45, 2.75) is 12.5 Å². The molecule has 0 aromatic heterocycles. The Kier molecular flexibility index (Phi) is 4.55. The minimum atomic E-state index is -1.12. The largest absolute Gasteiger partial charge is 0.388 e. The molecule has 0 spiro atoms. The molecule has 19 heavy (non-hydrogen) atoms. The third-order valence-corrected chi connectivity index (χ3v) is 3.56. The molecular weight excluding hydrogens is 338 g/mol. The van der Waals surface area contributed by atoms with Crippen molar-refractivity contribution in [3.8, 4) is 0 Å². The predicted molar refractivity (Wildman–Crippen MR) is 74.2 cm³/mol. The molecular formula is C14H10BrClF2O. The van der Waals surface area contributed by atoms with E-state index in [-0.39, 0.29) is 16.5 Å². The van der Waals surface area contributed by atoms with E-state index in [0.29, 0.717) is 5.02 Å². The first-order chi connectivity index (χ1) is 8.97. The Morgan fingerprint density at radius 2 is 1.89 bits per heavy atom. The normalized spacial score (nSPS) is 12.5. The molecule has 5 heteroatoms. The van der Waals surface area contributed by atoms with Crippen LogP contribution in [0.2, 0.25) is 5.02 Å². The predicted octanol–water partition coefficient (Wildman–Crippen LogP) is 4.66. The van der Waals surface area contributed by atoms with Crippen molar-refractivity contribution in [1.82, 2.24) is 0 Å². The van der Waals surface area contributed by atoms with E-state index in [0.717, 1.165) is 17.7 Å². The van der Waals surface area contributed by atoms with E-state index in [9.17, 15) is 13.9 Å². The lowest BCUT2D eigenvalue weighted by atomic mass is 10.0. The van der Waals surface area contributed by atoms with Gasteiger partial charge in [-0.05, 0) is 45.8 Å². The summed E-state index contributed by atoms with van der Waals surface area (Å²) < 4.78 is 27.1. The van der Waals surface area contributed by atoms with E-state index < -0.39 is 17.7 Å². The Bertz CT molecular complexity index is 604. The van der Waals surface area contributed by atoms with Crippen LogP contribution in [0, 0.1) is 11.6 Å². The lowest BCUT2D eigenvalue weighted by Gasteiger charge is -2.13. The third kappa shape index (κ3) is 3.53. The van der Waals surface area contributed by atoms with E-state index >= 15 is 0 Å². The van der Waals surface area contributed by atoms with Crippen molar-refractivity contribution in [1.29, 1.82) is 0 Å². The van der Waals surface area contributed by atoms with Crippen molar-refractivity contribution in [3.63, 3.8) is 0 Å². The number of hydrogen-bond acceptors (Lipinski definition) is 1. The van der Waals surface area contributed by atoms with E-state index in [4.69, 9.17) is 11.6 Å². The van der Waals surface area contributed by atoms with Gasteiger partial charge in [-0.25, -0.2) is 8.78 Å². The van der Waals surface area contributed by atoms with Crippen LogP contribution in [-0.2, 0) is 6.42 Å². The lowest BCUT2D eigenvalue weighted by molar-refractivity contribution is 0.173. The van der Waals surface area contributed by atoms with Gasteiger partial charge < -0.3 is 5.11 Å². The van der Waals surface area contributed by atoms with Crippen LogP contribution in [0.5, 0.6) is 0 Å². The van der Waals surface area contributed by atoms with E-state index in [1.807, 2.05) is 0 Å². The highest BCUT2D eigenvalue weighted by Gasteiger charge is 2.16. The van der Waals surface area contributed by atoms with Gasteiger partial charge in [0.25, 0.3) is 0 Å². The highest BCUT2D eigenvalue weighted by Crippen LogP contribution is 2.27. The van der Waals surface area contributed by atoms with Crippen molar-refractivity contribution in [2.24, 2.45) is 0 Å². The molecule has 0 radical (unpaired) electrons. The van der Waals surface area contributed by atoms with Crippen LogP contribution in [0.25, 0.3) is 0 Å². The number of hydrogen-bond donors (Lipinski definition) is 1. The fourth-order valence-corrected chi connectivity index (χ4v) is 2.32. The van der Waals surface area contributed by atoms with Gasteiger partial charge >= 0.3 is 0 Å². The summed E-state index contributed by atoms with van der Waals surface area (Å²) in [5.74, 6) is -1.26. The molecule has 0 amide bonds. The van der Waals surface area contributed by atoms with E-state index in [1.54, 1.807) is 24.3 Å². The molecule has 0 aliphatic heterocycles. The summed E-state index contributed by atoms with van der Waals surface area (Å²) >= 11 is 8.72. The van der Waals surface area contributed by atoms with Crippen LogP contribution in [0.3, 0.4) is 0 Å². The minimum Gasteiger partial charge on any atom is -0.388 e. The second kappa shape index (κ2) is 5.99. The molecule has 100 valence electrons. The average Bonchev–Trinajstić information content (AvgIpc) is 2.33. The van der Waals surface area contributed by atoms with Gasteiger partial charge in [0.05, 0.1) is 10.6 Å². The maximum absolute atomic E-state index is 13.7. The van der Waals surface area contributed by atoms with Crippen molar-refractivity contribution in [3.05, 3.63) is 68.7 Å². The van der Waals surface area contributed by atoms with Gasteiger partial charge in [-0.2, -0.15) is 0 Å². The first-order valence-corrected chi connectivity index (χ1v) is 6.71. The quantitative estimate of drug-likeness (QED) is 0.801. The molecule has 0 aliphatic carbocycles. The van der Waals surface area contributed by atoms with E-state index in [2.05, 4.69) is 15.9 Å². The molecule has 0 heterocycles. The summed E-state index contributed by atoms with van der Waals surface area (Å²) in [7, 11) is 0. The number of aliphatic hydroxyl groups excluding tert-OH is 1. The third-order valence-electron chi connectivity index (χ3n) is 2.72. The first-order valence-electron chi connectivity index (χ1n) is 5.54. The zero-order valence-electron chi connectivity index (χ0n) is 9.71. The zero-order chi connectivity index (χ0) is 14.0. The maximum Gasteiger partial charge on any atom is 0.137 e. The molecule has 1 atom stereocenters. The molecule has 2 aromatic rings. The van der Waals surface area contributed by atoms with Crippen molar-refractivity contribution >= 4 is 27.5 Å². The molecule has 2 rings (SSSR count). The fraction of sp³-hybridized carbons (Fsp3) is 0.143. The summed E-state index contributed by atoms with van der Waals surface area (Å²) in [6, 6.07) is 8.89. The van der Waals surface area contributed by atoms with Crippen molar-refractivity contribution < 1.29 is 13.9 Å².